The molecule has 12 heteroatoms. The summed E-state index contributed by atoms with van der Waals surface area (Å²) in [5, 5.41) is 16.6. The van der Waals surface area contributed by atoms with Gasteiger partial charge >= 0.3 is 5.97 Å². The van der Waals surface area contributed by atoms with Crippen molar-refractivity contribution in [1.29, 1.82) is 0 Å². The lowest BCUT2D eigenvalue weighted by molar-refractivity contribution is -0.143. The summed E-state index contributed by atoms with van der Waals surface area (Å²) in [5.74, 6) is -4.19. The second-order valence-electron chi connectivity index (χ2n) is 8.11. The molecular formula is C19H35N5O6S. The van der Waals surface area contributed by atoms with Crippen LogP contribution in [0.4, 0.5) is 0 Å². The minimum atomic E-state index is -1.23. The van der Waals surface area contributed by atoms with Crippen LogP contribution in [-0.2, 0) is 24.0 Å². The summed E-state index contributed by atoms with van der Waals surface area (Å²) in [7, 11) is 0. The summed E-state index contributed by atoms with van der Waals surface area (Å²) in [6, 6.07) is -4.32. The predicted molar refractivity (Wildman–Crippen MR) is 118 cm³/mol. The topological polar surface area (TPSA) is 194 Å². The van der Waals surface area contributed by atoms with Crippen molar-refractivity contribution < 1.29 is 29.1 Å². The minimum absolute atomic E-state index is 0.00555. The first-order valence-electron chi connectivity index (χ1n) is 10.1. The molecule has 4 amide bonds. The average Bonchev–Trinajstić information content (AvgIpc) is 2.66. The van der Waals surface area contributed by atoms with Crippen molar-refractivity contribution in [3.63, 3.8) is 0 Å². The van der Waals surface area contributed by atoms with E-state index < -0.39 is 53.8 Å². The number of carbonyl (C=O) groups is 5. The first-order chi connectivity index (χ1) is 14.3. The zero-order chi connectivity index (χ0) is 24.3. The molecule has 0 aromatic rings. The van der Waals surface area contributed by atoms with Gasteiger partial charge in [-0.2, -0.15) is 12.6 Å². The van der Waals surface area contributed by atoms with E-state index in [1.165, 1.54) is 0 Å². The highest BCUT2D eigenvalue weighted by Gasteiger charge is 2.30. The highest BCUT2D eigenvalue weighted by atomic mass is 32.1. The number of primary amides is 1. The zero-order valence-electron chi connectivity index (χ0n) is 18.4. The van der Waals surface area contributed by atoms with Crippen LogP contribution in [0.15, 0.2) is 0 Å². The van der Waals surface area contributed by atoms with Crippen LogP contribution in [0.1, 0.15) is 47.0 Å². The number of thiol groups is 1. The normalized spacial score (nSPS) is 15.0. The van der Waals surface area contributed by atoms with Crippen LogP contribution in [0.5, 0.6) is 0 Å². The molecule has 0 heterocycles. The number of carbonyl (C=O) groups excluding carboxylic acids is 4. The van der Waals surface area contributed by atoms with E-state index in [0.29, 0.717) is 0 Å². The number of nitrogens with two attached hydrogens (primary N) is 2. The van der Waals surface area contributed by atoms with Gasteiger partial charge in [0.2, 0.25) is 23.6 Å². The second-order valence-corrected chi connectivity index (χ2v) is 8.47. The maximum atomic E-state index is 12.7. The minimum Gasteiger partial charge on any atom is -0.480 e. The van der Waals surface area contributed by atoms with Crippen molar-refractivity contribution in [2.75, 3.05) is 5.75 Å². The standard InChI is InChI=1S/C19H35N5O6S/c1-9(2)7-12(19(29)30)23-16(26)11(5-6-14(20)25)22-17(27)13(8-31)24-18(28)15(21)10(3)4/h9-13,15,31H,5-8,21H2,1-4H3,(H2,20,25)(H,22,27)(H,23,26)(H,24,28)(H,29,30). The van der Waals surface area contributed by atoms with Gasteiger partial charge in [-0.3, -0.25) is 19.2 Å². The Morgan fingerprint density at radius 1 is 0.871 bits per heavy atom. The number of carboxylic acids is 1. The fraction of sp³-hybridized carbons (Fsp3) is 0.737. The molecule has 0 fully saturated rings. The quantitative estimate of drug-likeness (QED) is 0.157. The van der Waals surface area contributed by atoms with E-state index in [9.17, 15) is 29.1 Å². The Labute approximate surface area is 187 Å². The van der Waals surface area contributed by atoms with Gasteiger partial charge in [-0.15, -0.1) is 0 Å². The molecule has 8 N–H and O–H groups in total. The third-order valence-electron chi connectivity index (χ3n) is 4.47. The maximum absolute atomic E-state index is 12.7. The van der Waals surface area contributed by atoms with Crippen LogP contribution in [-0.4, -0.2) is 64.6 Å². The number of rotatable bonds is 14. The lowest BCUT2D eigenvalue weighted by atomic mass is 10.0. The molecule has 0 aliphatic carbocycles. The molecule has 11 nitrogen and oxygen atoms in total. The van der Waals surface area contributed by atoms with Gasteiger partial charge in [0.05, 0.1) is 6.04 Å². The molecule has 0 aliphatic heterocycles. The molecular weight excluding hydrogens is 426 g/mol. The van der Waals surface area contributed by atoms with Gasteiger partial charge in [-0.1, -0.05) is 27.7 Å². The molecule has 4 atom stereocenters. The van der Waals surface area contributed by atoms with E-state index in [1.807, 2.05) is 0 Å². The second kappa shape index (κ2) is 13.9. The fourth-order valence-corrected chi connectivity index (χ4v) is 2.81. The van der Waals surface area contributed by atoms with Crippen molar-refractivity contribution >= 4 is 42.2 Å². The SMILES string of the molecule is CC(C)CC(NC(=O)C(CCC(N)=O)NC(=O)C(CS)NC(=O)C(N)C(C)C)C(=O)O. The predicted octanol–water partition coefficient (Wildman–Crippen LogP) is -1.25. The molecule has 0 rings (SSSR count). The molecule has 31 heavy (non-hydrogen) atoms. The number of carboxylic acid groups (broad SMARTS) is 1. The molecule has 0 spiro atoms. The number of aliphatic carboxylic acids is 1. The van der Waals surface area contributed by atoms with Gasteiger partial charge in [-0.05, 0) is 24.7 Å². The Balaban J connectivity index is 5.36. The molecule has 0 aromatic carbocycles. The van der Waals surface area contributed by atoms with Crippen molar-refractivity contribution in [2.45, 2.75) is 71.1 Å². The van der Waals surface area contributed by atoms with Crippen LogP contribution >= 0.6 is 12.6 Å². The van der Waals surface area contributed by atoms with Crippen LogP contribution in [0.2, 0.25) is 0 Å². The van der Waals surface area contributed by atoms with Gasteiger partial charge < -0.3 is 32.5 Å². The third kappa shape index (κ3) is 11.0. The molecule has 4 unspecified atom stereocenters. The maximum Gasteiger partial charge on any atom is 0.326 e. The fourth-order valence-electron chi connectivity index (χ4n) is 2.56. The number of amides is 4. The highest BCUT2D eigenvalue weighted by molar-refractivity contribution is 7.80. The summed E-state index contributed by atoms with van der Waals surface area (Å²) in [6.07, 6.45) is -0.171. The Kier molecular flexibility index (Phi) is 12.8. The van der Waals surface area contributed by atoms with Gasteiger partial charge in [0.25, 0.3) is 0 Å². The third-order valence-corrected chi connectivity index (χ3v) is 4.84. The molecule has 0 aliphatic rings. The lowest BCUT2D eigenvalue weighted by Gasteiger charge is -2.25. The van der Waals surface area contributed by atoms with Crippen LogP contribution in [0, 0.1) is 11.8 Å². The van der Waals surface area contributed by atoms with Crippen LogP contribution in [0.25, 0.3) is 0 Å². The Hall–Kier alpha value is -2.34. The Morgan fingerprint density at radius 3 is 1.77 bits per heavy atom. The summed E-state index contributed by atoms with van der Waals surface area (Å²) in [4.78, 5) is 60.0. The van der Waals surface area contributed by atoms with Crippen molar-refractivity contribution in [3.8, 4) is 0 Å². The highest BCUT2D eigenvalue weighted by Crippen LogP contribution is 2.07. The van der Waals surface area contributed by atoms with E-state index in [1.54, 1.807) is 27.7 Å². The smallest absolute Gasteiger partial charge is 0.326 e. The van der Waals surface area contributed by atoms with Crippen LogP contribution < -0.4 is 27.4 Å². The van der Waals surface area contributed by atoms with E-state index in [4.69, 9.17) is 11.5 Å². The van der Waals surface area contributed by atoms with Crippen molar-refractivity contribution in [1.82, 2.24) is 16.0 Å². The van der Waals surface area contributed by atoms with Gasteiger partial charge in [-0.25, -0.2) is 4.79 Å². The molecule has 178 valence electrons. The summed E-state index contributed by atoms with van der Waals surface area (Å²) < 4.78 is 0. The van der Waals surface area contributed by atoms with Gasteiger partial charge in [0, 0.05) is 12.2 Å². The largest absolute Gasteiger partial charge is 0.480 e. The Morgan fingerprint density at radius 2 is 1.35 bits per heavy atom. The van der Waals surface area contributed by atoms with E-state index in [-0.39, 0.29) is 36.9 Å². The lowest BCUT2D eigenvalue weighted by Crippen LogP contribution is -2.58. The zero-order valence-corrected chi connectivity index (χ0v) is 19.3. The molecule has 0 bridgehead atoms. The first-order valence-corrected chi connectivity index (χ1v) is 10.7. The van der Waals surface area contributed by atoms with E-state index in [0.717, 1.165) is 0 Å². The van der Waals surface area contributed by atoms with Crippen molar-refractivity contribution in [3.05, 3.63) is 0 Å². The van der Waals surface area contributed by atoms with Crippen molar-refractivity contribution in [2.24, 2.45) is 23.3 Å². The summed E-state index contributed by atoms with van der Waals surface area (Å²) in [5.41, 5.74) is 10.9. The molecule has 0 saturated heterocycles. The average molecular weight is 462 g/mol. The summed E-state index contributed by atoms with van der Waals surface area (Å²) in [6.45, 7) is 7.10. The first kappa shape index (κ1) is 28.7. The molecule has 0 radical (unpaired) electrons. The summed E-state index contributed by atoms with van der Waals surface area (Å²) >= 11 is 4.06. The van der Waals surface area contributed by atoms with Crippen LogP contribution in [0.3, 0.4) is 0 Å². The van der Waals surface area contributed by atoms with Gasteiger partial charge in [0.15, 0.2) is 0 Å². The number of hydrogen-bond acceptors (Lipinski definition) is 7. The van der Waals surface area contributed by atoms with E-state index >= 15 is 0 Å². The van der Waals surface area contributed by atoms with E-state index in [2.05, 4.69) is 28.6 Å². The van der Waals surface area contributed by atoms with Gasteiger partial charge in [0.1, 0.15) is 18.1 Å². The molecule has 0 aromatic heterocycles. The molecule has 0 saturated carbocycles. The number of hydrogen-bond donors (Lipinski definition) is 7. The Bertz CT molecular complexity index is 658. The monoisotopic (exact) mass is 461 g/mol. The number of nitrogens with one attached hydrogen (secondary N) is 3.